The lowest BCUT2D eigenvalue weighted by molar-refractivity contribution is 0.473. The number of benzene rings is 1. The van der Waals surface area contributed by atoms with Crippen LogP contribution in [0.4, 0.5) is 0 Å². The van der Waals surface area contributed by atoms with Crippen molar-refractivity contribution in [1.29, 1.82) is 0 Å². The van der Waals surface area contributed by atoms with Crippen LogP contribution in [0.1, 0.15) is 24.9 Å². The number of nitrogens with two attached hydrogens (primary N) is 1. The monoisotopic (exact) mass is 194 g/mol. The fourth-order valence-corrected chi connectivity index (χ4v) is 1.51. The minimum Gasteiger partial charge on any atom is -0.508 e. The number of phenolic OH excluding ortho intramolecular Hbond substituents is 1. The molecular formula is C11H18N2O. The molecule has 0 spiro atoms. The molecule has 4 N–H and O–H groups in total. The van der Waals surface area contributed by atoms with E-state index in [1.54, 1.807) is 12.1 Å². The number of aromatic hydroxyl groups is 1. The molecular weight excluding hydrogens is 176 g/mol. The molecule has 1 aromatic carbocycles. The van der Waals surface area contributed by atoms with E-state index in [2.05, 4.69) is 12.2 Å². The summed E-state index contributed by atoms with van der Waals surface area (Å²) in [7, 11) is 0. The van der Waals surface area contributed by atoms with Gasteiger partial charge in [-0.2, -0.15) is 0 Å². The van der Waals surface area contributed by atoms with Gasteiger partial charge >= 0.3 is 0 Å². The number of hydrogen-bond acceptors (Lipinski definition) is 3. The molecule has 0 aliphatic heterocycles. The Morgan fingerprint density at radius 1 is 1.36 bits per heavy atom. The molecule has 0 aromatic heterocycles. The Balaban J connectivity index is 2.71. The Hall–Kier alpha value is -1.06. The van der Waals surface area contributed by atoms with Gasteiger partial charge in [-0.25, -0.2) is 0 Å². The zero-order valence-electron chi connectivity index (χ0n) is 8.53. The van der Waals surface area contributed by atoms with E-state index in [4.69, 9.17) is 10.8 Å². The Kier molecular flexibility index (Phi) is 4.43. The van der Waals surface area contributed by atoms with E-state index < -0.39 is 0 Å². The van der Waals surface area contributed by atoms with Gasteiger partial charge in [-0.3, -0.25) is 0 Å². The average Bonchev–Trinajstić information content (AvgIpc) is 2.19. The maximum absolute atomic E-state index is 9.15. The van der Waals surface area contributed by atoms with Gasteiger partial charge in [0.1, 0.15) is 5.75 Å². The fraction of sp³-hybridized carbons (Fsp3) is 0.455. The Bertz CT molecular complexity index is 252. The molecule has 0 heterocycles. The predicted octanol–water partition coefficient (Wildman–Crippen LogP) is 1.39. The van der Waals surface area contributed by atoms with E-state index in [9.17, 15) is 0 Å². The van der Waals surface area contributed by atoms with E-state index in [1.165, 1.54) is 5.56 Å². The Morgan fingerprint density at radius 3 is 2.50 bits per heavy atom. The highest BCUT2D eigenvalue weighted by Gasteiger charge is 2.08. The largest absolute Gasteiger partial charge is 0.508 e. The van der Waals surface area contributed by atoms with Crippen LogP contribution in [0.3, 0.4) is 0 Å². The van der Waals surface area contributed by atoms with Crippen molar-refractivity contribution < 1.29 is 5.11 Å². The molecule has 0 radical (unpaired) electrons. The molecule has 0 bridgehead atoms. The molecule has 0 saturated heterocycles. The van der Waals surface area contributed by atoms with Gasteiger partial charge in [0, 0.05) is 6.04 Å². The van der Waals surface area contributed by atoms with Crippen LogP contribution in [0.15, 0.2) is 24.3 Å². The summed E-state index contributed by atoms with van der Waals surface area (Å²) in [5, 5.41) is 12.5. The lowest BCUT2D eigenvalue weighted by Gasteiger charge is -2.17. The van der Waals surface area contributed by atoms with Gasteiger partial charge in [0.05, 0.1) is 0 Å². The zero-order chi connectivity index (χ0) is 10.4. The first-order valence-electron chi connectivity index (χ1n) is 5.00. The summed E-state index contributed by atoms with van der Waals surface area (Å²) in [5.41, 5.74) is 6.71. The van der Waals surface area contributed by atoms with E-state index in [0.717, 1.165) is 13.0 Å². The van der Waals surface area contributed by atoms with Crippen LogP contribution >= 0.6 is 0 Å². The highest BCUT2D eigenvalue weighted by atomic mass is 16.3. The summed E-state index contributed by atoms with van der Waals surface area (Å²) >= 11 is 0. The van der Waals surface area contributed by atoms with Crippen molar-refractivity contribution in [2.75, 3.05) is 13.1 Å². The van der Waals surface area contributed by atoms with Gasteiger partial charge in [-0.05, 0) is 37.2 Å². The predicted molar refractivity (Wildman–Crippen MR) is 58.2 cm³/mol. The van der Waals surface area contributed by atoms with Gasteiger partial charge in [-0.1, -0.05) is 19.1 Å². The standard InChI is InChI=1S/C11H18N2O/c1-2-13-11(7-8-12)9-3-5-10(14)6-4-9/h3-6,11,13-14H,2,7-8,12H2,1H3. The molecule has 78 valence electrons. The SMILES string of the molecule is CCNC(CCN)c1ccc(O)cc1. The Morgan fingerprint density at radius 2 is 2.00 bits per heavy atom. The molecule has 0 aliphatic carbocycles. The number of nitrogens with one attached hydrogen (secondary N) is 1. The van der Waals surface area contributed by atoms with Gasteiger partial charge in [0.25, 0.3) is 0 Å². The summed E-state index contributed by atoms with van der Waals surface area (Å²) in [6.45, 7) is 3.66. The molecule has 0 aliphatic rings. The van der Waals surface area contributed by atoms with Crippen LogP contribution in [0, 0.1) is 0 Å². The van der Waals surface area contributed by atoms with E-state index in [-0.39, 0.29) is 0 Å². The third-order valence-electron chi connectivity index (χ3n) is 2.20. The number of hydrogen-bond donors (Lipinski definition) is 3. The second-order valence-electron chi connectivity index (χ2n) is 3.28. The number of phenols is 1. The quantitative estimate of drug-likeness (QED) is 0.664. The number of rotatable bonds is 5. The summed E-state index contributed by atoms with van der Waals surface area (Å²) < 4.78 is 0. The van der Waals surface area contributed by atoms with Crippen LogP contribution < -0.4 is 11.1 Å². The molecule has 1 atom stereocenters. The molecule has 0 amide bonds. The van der Waals surface area contributed by atoms with E-state index in [1.807, 2.05) is 12.1 Å². The van der Waals surface area contributed by atoms with Gasteiger partial charge in [0.2, 0.25) is 0 Å². The third-order valence-corrected chi connectivity index (χ3v) is 2.20. The van der Waals surface area contributed by atoms with E-state index >= 15 is 0 Å². The lowest BCUT2D eigenvalue weighted by atomic mass is 10.0. The minimum absolute atomic E-state index is 0.297. The maximum Gasteiger partial charge on any atom is 0.115 e. The van der Waals surface area contributed by atoms with Crippen LogP contribution in [-0.4, -0.2) is 18.2 Å². The van der Waals surface area contributed by atoms with Crippen LogP contribution in [0.25, 0.3) is 0 Å². The zero-order valence-corrected chi connectivity index (χ0v) is 8.53. The first kappa shape index (κ1) is 11.0. The second-order valence-corrected chi connectivity index (χ2v) is 3.28. The minimum atomic E-state index is 0.297. The second kappa shape index (κ2) is 5.62. The highest BCUT2D eigenvalue weighted by molar-refractivity contribution is 5.28. The van der Waals surface area contributed by atoms with Gasteiger partial charge in [0.15, 0.2) is 0 Å². The molecule has 0 saturated carbocycles. The maximum atomic E-state index is 9.15. The van der Waals surface area contributed by atoms with Crippen LogP contribution in [0.2, 0.25) is 0 Å². The molecule has 14 heavy (non-hydrogen) atoms. The molecule has 0 fully saturated rings. The summed E-state index contributed by atoms with van der Waals surface area (Å²) in [4.78, 5) is 0. The molecule has 1 aromatic rings. The molecule has 1 unspecified atom stereocenters. The van der Waals surface area contributed by atoms with Crippen molar-refractivity contribution in [2.24, 2.45) is 5.73 Å². The first-order valence-corrected chi connectivity index (χ1v) is 5.00. The molecule has 1 rings (SSSR count). The van der Waals surface area contributed by atoms with Crippen molar-refractivity contribution >= 4 is 0 Å². The molecule has 3 heteroatoms. The highest BCUT2D eigenvalue weighted by Crippen LogP contribution is 2.18. The van der Waals surface area contributed by atoms with Crippen LogP contribution in [-0.2, 0) is 0 Å². The summed E-state index contributed by atoms with van der Waals surface area (Å²) in [5.74, 6) is 0.303. The van der Waals surface area contributed by atoms with E-state index in [0.29, 0.717) is 18.3 Å². The van der Waals surface area contributed by atoms with Crippen molar-refractivity contribution in [3.05, 3.63) is 29.8 Å². The fourth-order valence-electron chi connectivity index (χ4n) is 1.51. The van der Waals surface area contributed by atoms with Crippen molar-refractivity contribution in [2.45, 2.75) is 19.4 Å². The first-order chi connectivity index (χ1) is 6.77. The molecule has 3 nitrogen and oxygen atoms in total. The van der Waals surface area contributed by atoms with Crippen LogP contribution in [0.5, 0.6) is 5.75 Å². The van der Waals surface area contributed by atoms with Gasteiger partial charge in [-0.15, -0.1) is 0 Å². The normalized spacial score (nSPS) is 12.7. The van der Waals surface area contributed by atoms with Gasteiger partial charge < -0.3 is 16.2 Å². The third kappa shape index (κ3) is 3.01. The van der Waals surface area contributed by atoms with Crippen molar-refractivity contribution in [1.82, 2.24) is 5.32 Å². The lowest BCUT2D eigenvalue weighted by Crippen LogP contribution is -2.23. The smallest absolute Gasteiger partial charge is 0.115 e. The van der Waals surface area contributed by atoms with Crippen molar-refractivity contribution in [3.8, 4) is 5.75 Å². The summed E-state index contributed by atoms with van der Waals surface area (Å²) in [6.07, 6.45) is 0.915. The Labute approximate surface area is 84.9 Å². The van der Waals surface area contributed by atoms with Crippen molar-refractivity contribution in [3.63, 3.8) is 0 Å². The topological polar surface area (TPSA) is 58.3 Å². The average molecular weight is 194 g/mol. The summed E-state index contributed by atoms with van der Waals surface area (Å²) in [6, 6.07) is 7.56.